The first-order valence-electron chi connectivity index (χ1n) is 10.5. The standard InChI is InChI=1S/C20H37N5O5/c1-10(2)9-13(21)20(30)25-8-6-7-14(25)18(28)23-15(11(3)4)19(29)24-16(12(5)26)17(22)27/h10-16,26H,6-9,21H2,1-5H3,(H2,22,27)(H,23,28)(H,24,29)/t12-,13+,14+,15+,16+/m1/s1. The maximum absolute atomic E-state index is 12.9. The predicted molar refractivity (Wildman–Crippen MR) is 112 cm³/mol. The van der Waals surface area contributed by atoms with Gasteiger partial charge in [-0.25, -0.2) is 0 Å². The summed E-state index contributed by atoms with van der Waals surface area (Å²) in [5.74, 6) is -2.27. The summed E-state index contributed by atoms with van der Waals surface area (Å²) >= 11 is 0. The molecule has 0 aliphatic carbocycles. The number of hydrogen-bond acceptors (Lipinski definition) is 6. The van der Waals surface area contributed by atoms with Crippen molar-refractivity contribution in [3.8, 4) is 0 Å². The average molecular weight is 428 g/mol. The quantitative estimate of drug-likeness (QED) is 0.295. The van der Waals surface area contributed by atoms with E-state index >= 15 is 0 Å². The Kier molecular flexibility index (Phi) is 9.70. The number of nitrogens with zero attached hydrogens (tertiary/aromatic N) is 1. The Morgan fingerprint density at radius 2 is 1.67 bits per heavy atom. The van der Waals surface area contributed by atoms with Crippen molar-refractivity contribution in [2.24, 2.45) is 23.3 Å². The molecular weight excluding hydrogens is 390 g/mol. The summed E-state index contributed by atoms with van der Waals surface area (Å²) in [4.78, 5) is 51.2. The van der Waals surface area contributed by atoms with Crippen molar-refractivity contribution >= 4 is 23.6 Å². The molecule has 0 radical (unpaired) electrons. The summed E-state index contributed by atoms with van der Waals surface area (Å²) in [5.41, 5.74) is 11.2. The second-order valence-corrected chi connectivity index (χ2v) is 8.79. The van der Waals surface area contributed by atoms with Crippen molar-refractivity contribution < 1.29 is 24.3 Å². The first-order chi connectivity index (χ1) is 13.9. The molecule has 5 atom stereocenters. The van der Waals surface area contributed by atoms with Gasteiger partial charge in [0.25, 0.3) is 0 Å². The third-order valence-corrected chi connectivity index (χ3v) is 5.21. The zero-order valence-electron chi connectivity index (χ0n) is 18.6. The van der Waals surface area contributed by atoms with Crippen molar-refractivity contribution in [1.29, 1.82) is 0 Å². The lowest BCUT2D eigenvalue weighted by molar-refractivity contribution is -0.141. The fourth-order valence-corrected chi connectivity index (χ4v) is 3.58. The fourth-order valence-electron chi connectivity index (χ4n) is 3.58. The molecule has 30 heavy (non-hydrogen) atoms. The highest BCUT2D eigenvalue weighted by atomic mass is 16.3. The number of likely N-dealkylation sites (tertiary alicyclic amines) is 1. The van der Waals surface area contributed by atoms with E-state index in [0.29, 0.717) is 25.8 Å². The second-order valence-electron chi connectivity index (χ2n) is 8.79. The number of nitrogens with two attached hydrogens (primary N) is 2. The molecule has 1 rings (SSSR count). The van der Waals surface area contributed by atoms with E-state index in [1.807, 2.05) is 13.8 Å². The molecule has 1 fully saturated rings. The number of aliphatic hydroxyl groups is 1. The summed E-state index contributed by atoms with van der Waals surface area (Å²) in [7, 11) is 0. The van der Waals surface area contributed by atoms with Crippen LogP contribution in [0.2, 0.25) is 0 Å². The molecule has 1 heterocycles. The van der Waals surface area contributed by atoms with E-state index in [9.17, 15) is 24.3 Å². The van der Waals surface area contributed by atoms with Crippen LogP contribution in [-0.2, 0) is 19.2 Å². The van der Waals surface area contributed by atoms with Gasteiger partial charge in [-0.15, -0.1) is 0 Å². The average Bonchev–Trinajstić information content (AvgIpc) is 3.11. The number of carbonyl (C=O) groups is 4. The maximum Gasteiger partial charge on any atom is 0.243 e. The fraction of sp³-hybridized carbons (Fsp3) is 0.800. The van der Waals surface area contributed by atoms with Crippen LogP contribution in [0, 0.1) is 11.8 Å². The van der Waals surface area contributed by atoms with Gasteiger partial charge in [0.1, 0.15) is 18.1 Å². The number of carbonyl (C=O) groups excluding carboxylic acids is 4. The van der Waals surface area contributed by atoms with E-state index in [2.05, 4.69) is 10.6 Å². The van der Waals surface area contributed by atoms with E-state index in [0.717, 1.165) is 0 Å². The van der Waals surface area contributed by atoms with Gasteiger partial charge in [0.15, 0.2) is 0 Å². The van der Waals surface area contributed by atoms with Crippen molar-refractivity contribution in [2.45, 2.75) is 84.2 Å². The highest BCUT2D eigenvalue weighted by Gasteiger charge is 2.38. The zero-order valence-corrected chi connectivity index (χ0v) is 18.6. The lowest BCUT2D eigenvalue weighted by Crippen LogP contribution is -2.60. The van der Waals surface area contributed by atoms with E-state index in [1.165, 1.54) is 11.8 Å². The molecule has 10 heteroatoms. The smallest absolute Gasteiger partial charge is 0.243 e. The summed E-state index contributed by atoms with van der Waals surface area (Å²) < 4.78 is 0. The monoisotopic (exact) mass is 427 g/mol. The van der Waals surface area contributed by atoms with Crippen molar-refractivity contribution in [3.05, 3.63) is 0 Å². The number of nitrogens with one attached hydrogen (secondary N) is 2. The van der Waals surface area contributed by atoms with Crippen LogP contribution >= 0.6 is 0 Å². The first-order valence-corrected chi connectivity index (χ1v) is 10.5. The number of primary amides is 1. The molecule has 1 saturated heterocycles. The van der Waals surface area contributed by atoms with E-state index in [1.54, 1.807) is 13.8 Å². The molecule has 172 valence electrons. The van der Waals surface area contributed by atoms with Crippen LogP contribution in [0.4, 0.5) is 0 Å². The van der Waals surface area contributed by atoms with Crippen LogP contribution in [0.25, 0.3) is 0 Å². The van der Waals surface area contributed by atoms with E-state index in [4.69, 9.17) is 11.5 Å². The molecule has 1 aliphatic rings. The Bertz CT molecular complexity index is 637. The lowest BCUT2D eigenvalue weighted by Gasteiger charge is -2.30. The molecule has 0 unspecified atom stereocenters. The third-order valence-electron chi connectivity index (χ3n) is 5.21. The van der Waals surface area contributed by atoms with Gasteiger partial charge in [-0.05, 0) is 38.0 Å². The van der Waals surface area contributed by atoms with Gasteiger partial charge in [-0.1, -0.05) is 27.7 Å². The van der Waals surface area contributed by atoms with Crippen LogP contribution in [0.1, 0.15) is 53.9 Å². The molecule has 4 amide bonds. The molecule has 0 aromatic carbocycles. The van der Waals surface area contributed by atoms with Crippen LogP contribution in [0.3, 0.4) is 0 Å². The highest BCUT2D eigenvalue weighted by Crippen LogP contribution is 2.20. The lowest BCUT2D eigenvalue weighted by atomic mass is 10.0. The Labute approximate surface area is 178 Å². The highest BCUT2D eigenvalue weighted by molar-refractivity contribution is 5.95. The normalized spacial score (nSPS) is 20.6. The van der Waals surface area contributed by atoms with Gasteiger partial charge in [0, 0.05) is 6.54 Å². The number of rotatable bonds is 10. The Morgan fingerprint density at radius 3 is 2.13 bits per heavy atom. The van der Waals surface area contributed by atoms with Crippen LogP contribution in [-0.4, -0.2) is 70.5 Å². The molecule has 0 saturated carbocycles. The van der Waals surface area contributed by atoms with E-state index in [-0.39, 0.29) is 17.7 Å². The number of amides is 4. The van der Waals surface area contributed by atoms with Crippen LogP contribution in [0.5, 0.6) is 0 Å². The minimum Gasteiger partial charge on any atom is -0.391 e. The molecule has 0 aromatic heterocycles. The molecule has 1 aliphatic heterocycles. The summed E-state index contributed by atoms with van der Waals surface area (Å²) in [6, 6.07) is -3.60. The predicted octanol–water partition coefficient (Wildman–Crippen LogP) is -1.16. The summed E-state index contributed by atoms with van der Waals surface area (Å²) in [6.45, 7) is 9.19. The van der Waals surface area contributed by atoms with Gasteiger partial charge in [-0.3, -0.25) is 19.2 Å². The first kappa shape index (κ1) is 25.8. The van der Waals surface area contributed by atoms with Crippen LogP contribution < -0.4 is 22.1 Å². The molecular formula is C20H37N5O5. The van der Waals surface area contributed by atoms with Gasteiger partial charge >= 0.3 is 0 Å². The number of hydrogen-bond donors (Lipinski definition) is 5. The van der Waals surface area contributed by atoms with Crippen LogP contribution in [0.15, 0.2) is 0 Å². The third kappa shape index (κ3) is 6.94. The topological polar surface area (TPSA) is 168 Å². The second kappa shape index (κ2) is 11.3. The molecule has 0 bridgehead atoms. The SMILES string of the molecule is CC(C)C[C@H](N)C(=O)N1CCC[C@H]1C(=O)N[C@H](C(=O)N[C@H](C(N)=O)[C@@H](C)O)C(C)C. The molecule has 0 spiro atoms. The molecule has 7 N–H and O–H groups in total. The maximum atomic E-state index is 12.9. The van der Waals surface area contributed by atoms with Gasteiger partial charge in [-0.2, -0.15) is 0 Å². The molecule has 0 aromatic rings. The van der Waals surface area contributed by atoms with Gasteiger partial charge in [0.2, 0.25) is 23.6 Å². The minimum atomic E-state index is -1.27. The van der Waals surface area contributed by atoms with Crippen molar-refractivity contribution in [2.75, 3.05) is 6.54 Å². The van der Waals surface area contributed by atoms with Crippen molar-refractivity contribution in [3.63, 3.8) is 0 Å². The summed E-state index contributed by atoms with van der Waals surface area (Å²) in [6.07, 6.45) is 0.493. The van der Waals surface area contributed by atoms with Crippen molar-refractivity contribution in [1.82, 2.24) is 15.5 Å². The van der Waals surface area contributed by atoms with E-state index < -0.39 is 48.0 Å². The Balaban J connectivity index is 2.88. The summed E-state index contributed by atoms with van der Waals surface area (Å²) in [5, 5.41) is 14.7. The Hall–Kier alpha value is -2.20. The minimum absolute atomic E-state index is 0.250. The molecule has 10 nitrogen and oxygen atoms in total. The Morgan fingerprint density at radius 1 is 1.07 bits per heavy atom. The largest absolute Gasteiger partial charge is 0.391 e. The number of aliphatic hydroxyl groups excluding tert-OH is 1. The zero-order chi connectivity index (χ0) is 23.2. The van der Waals surface area contributed by atoms with Gasteiger partial charge < -0.3 is 32.1 Å². The van der Waals surface area contributed by atoms with Gasteiger partial charge in [0.05, 0.1) is 12.1 Å².